The van der Waals surface area contributed by atoms with Gasteiger partial charge in [0.15, 0.2) is 11.7 Å². The lowest BCUT2D eigenvalue weighted by Gasteiger charge is -2.09. The average molecular weight is 461 g/mol. The molecule has 2 aromatic rings. The second-order valence-corrected chi connectivity index (χ2v) is 5.58. The van der Waals surface area contributed by atoms with Crippen LogP contribution < -0.4 is 10.6 Å². The van der Waals surface area contributed by atoms with Crippen LogP contribution >= 0.6 is 24.0 Å². The smallest absolute Gasteiger partial charge is 0.192 e. The van der Waals surface area contributed by atoms with Crippen LogP contribution in [0.25, 0.3) is 0 Å². The van der Waals surface area contributed by atoms with Crippen LogP contribution in [0.3, 0.4) is 0 Å². The molecule has 0 atom stereocenters. The van der Waals surface area contributed by atoms with E-state index in [1.807, 2.05) is 20.0 Å². The van der Waals surface area contributed by atoms with Gasteiger partial charge in [-0.1, -0.05) is 19.0 Å². The molecule has 2 rings (SSSR count). The molecule has 2 N–H and O–H groups in total. The van der Waals surface area contributed by atoms with E-state index in [9.17, 15) is 0 Å². The maximum Gasteiger partial charge on any atom is 0.192 e. The van der Waals surface area contributed by atoms with Crippen LogP contribution in [0, 0.1) is 0 Å². The number of aryl methyl sites for hydroxylation is 1. The zero-order chi connectivity index (χ0) is 17.4. The Balaban J connectivity index is 0.00000312. The molecule has 0 aliphatic carbocycles. The zero-order valence-electron chi connectivity index (χ0n) is 15.3. The van der Waals surface area contributed by atoms with Crippen molar-refractivity contribution in [2.75, 3.05) is 6.54 Å². The third-order valence-electron chi connectivity index (χ3n) is 3.94. The molecule has 0 amide bonds. The van der Waals surface area contributed by atoms with Gasteiger partial charge >= 0.3 is 0 Å². The van der Waals surface area contributed by atoms with Gasteiger partial charge < -0.3 is 15.2 Å². The van der Waals surface area contributed by atoms with Gasteiger partial charge in [-0.2, -0.15) is 5.10 Å². The Morgan fingerprint density at radius 3 is 2.64 bits per heavy atom. The van der Waals surface area contributed by atoms with E-state index in [0.29, 0.717) is 25.0 Å². The Morgan fingerprint density at radius 2 is 2.04 bits per heavy atom. The quantitative estimate of drug-likeness (QED) is 0.357. The van der Waals surface area contributed by atoms with Crippen molar-refractivity contribution in [3.8, 4) is 0 Å². The molecular weight excluding hydrogens is 433 g/mol. The molecule has 2 heterocycles. The van der Waals surface area contributed by atoms with Crippen molar-refractivity contribution in [1.29, 1.82) is 0 Å². The van der Waals surface area contributed by atoms with E-state index in [0.717, 1.165) is 36.7 Å². The number of rotatable bonds is 8. The number of guanidine groups is 1. The number of hydrogen-bond donors (Lipinski definition) is 2. The van der Waals surface area contributed by atoms with E-state index < -0.39 is 0 Å². The standard InChI is InChI=1S/C16H27N7O.HI/c1-5-12(6-2)14-8-13(24-22-14)9-18-16(17-7-3)19-10-15-20-11-21-23(15)4;/h8,11-12H,5-7,9-10H2,1-4H3,(H2,17,18,19);1H. The minimum atomic E-state index is 0. The number of hydrogen-bond acceptors (Lipinski definition) is 5. The van der Waals surface area contributed by atoms with Gasteiger partial charge in [0.05, 0.1) is 12.2 Å². The van der Waals surface area contributed by atoms with Crippen LogP contribution in [0.5, 0.6) is 0 Å². The Bertz CT molecular complexity index is 648. The van der Waals surface area contributed by atoms with Crippen molar-refractivity contribution in [3.05, 3.63) is 29.7 Å². The van der Waals surface area contributed by atoms with Crippen molar-refractivity contribution >= 4 is 29.9 Å². The highest BCUT2D eigenvalue weighted by Gasteiger charge is 2.13. The van der Waals surface area contributed by atoms with Crippen LogP contribution in [0.2, 0.25) is 0 Å². The first-order valence-electron chi connectivity index (χ1n) is 8.48. The maximum absolute atomic E-state index is 5.43. The van der Waals surface area contributed by atoms with Crippen LogP contribution in [0.4, 0.5) is 0 Å². The molecule has 0 aliphatic heterocycles. The Hall–Kier alpha value is -1.65. The number of aromatic nitrogens is 4. The maximum atomic E-state index is 5.43. The fraction of sp³-hybridized carbons (Fsp3) is 0.625. The molecule has 0 aromatic carbocycles. The fourth-order valence-corrected chi connectivity index (χ4v) is 2.44. The van der Waals surface area contributed by atoms with Gasteiger partial charge in [-0.3, -0.25) is 4.68 Å². The predicted octanol–water partition coefficient (Wildman–Crippen LogP) is 2.58. The largest absolute Gasteiger partial charge is 0.359 e. The summed E-state index contributed by atoms with van der Waals surface area (Å²) in [4.78, 5) is 8.68. The minimum Gasteiger partial charge on any atom is -0.359 e. The summed E-state index contributed by atoms with van der Waals surface area (Å²) in [6.07, 6.45) is 3.66. The van der Waals surface area contributed by atoms with E-state index in [-0.39, 0.29) is 24.0 Å². The molecule has 2 aromatic heterocycles. The summed E-state index contributed by atoms with van der Waals surface area (Å²) in [5.74, 6) is 2.78. The van der Waals surface area contributed by atoms with E-state index >= 15 is 0 Å². The molecule has 0 saturated carbocycles. The Kier molecular flexibility index (Phi) is 9.46. The molecule has 25 heavy (non-hydrogen) atoms. The van der Waals surface area contributed by atoms with Gasteiger partial charge in [0, 0.05) is 25.6 Å². The third-order valence-corrected chi connectivity index (χ3v) is 3.94. The van der Waals surface area contributed by atoms with Crippen LogP contribution in [-0.2, 0) is 20.1 Å². The summed E-state index contributed by atoms with van der Waals surface area (Å²) in [6, 6.07) is 2.02. The molecule has 0 saturated heterocycles. The van der Waals surface area contributed by atoms with E-state index in [1.54, 1.807) is 4.68 Å². The summed E-state index contributed by atoms with van der Waals surface area (Å²) in [6.45, 7) is 8.14. The topological polar surface area (TPSA) is 93.2 Å². The first-order chi connectivity index (χ1) is 11.7. The number of halogens is 1. The highest BCUT2D eigenvalue weighted by molar-refractivity contribution is 14.0. The van der Waals surface area contributed by atoms with Crippen LogP contribution in [-0.4, -0.2) is 32.4 Å². The lowest BCUT2D eigenvalue weighted by molar-refractivity contribution is 0.368. The average Bonchev–Trinajstić information content (AvgIpc) is 3.21. The second-order valence-electron chi connectivity index (χ2n) is 5.58. The highest BCUT2D eigenvalue weighted by atomic mass is 127. The van der Waals surface area contributed by atoms with E-state index in [1.165, 1.54) is 6.33 Å². The highest BCUT2D eigenvalue weighted by Crippen LogP contribution is 2.22. The predicted molar refractivity (Wildman–Crippen MR) is 108 cm³/mol. The lowest BCUT2D eigenvalue weighted by Crippen LogP contribution is -2.36. The molecule has 140 valence electrons. The van der Waals surface area contributed by atoms with Crippen molar-refractivity contribution < 1.29 is 4.52 Å². The Labute approximate surface area is 165 Å². The summed E-state index contributed by atoms with van der Waals surface area (Å²) < 4.78 is 7.14. The molecule has 0 unspecified atom stereocenters. The van der Waals surface area contributed by atoms with Gasteiger partial charge in [-0.05, 0) is 19.8 Å². The van der Waals surface area contributed by atoms with Crippen LogP contribution in [0.1, 0.15) is 56.8 Å². The molecule has 0 radical (unpaired) electrons. The minimum absolute atomic E-state index is 0. The van der Waals surface area contributed by atoms with Gasteiger partial charge in [-0.25, -0.2) is 9.98 Å². The van der Waals surface area contributed by atoms with E-state index in [2.05, 4.69) is 44.7 Å². The first-order valence-corrected chi connectivity index (χ1v) is 8.48. The first kappa shape index (κ1) is 21.4. The summed E-state index contributed by atoms with van der Waals surface area (Å²) in [5, 5.41) is 14.7. The second kappa shape index (κ2) is 11.1. The number of nitrogens with one attached hydrogen (secondary N) is 2. The van der Waals surface area contributed by atoms with Gasteiger partial charge in [0.25, 0.3) is 0 Å². The van der Waals surface area contributed by atoms with Crippen molar-refractivity contribution in [1.82, 2.24) is 30.6 Å². The Morgan fingerprint density at radius 1 is 1.28 bits per heavy atom. The summed E-state index contributed by atoms with van der Waals surface area (Å²) >= 11 is 0. The molecule has 0 fully saturated rings. The van der Waals surface area contributed by atoms with Gasteiger partial charge in [0.2, 0.25) is 0 Å². The van der Waals surface area contributed by atoms with Crippen molar-refractivity contribution in [2.24, 2.45) is 12.0 Å². The molecule has 0 spiro atoms. The normalized spacial score (nSPS) is 11.5. The summed E-state index contributed by atoms with van der Waals surface area (Å²) in [5.41, 5.74) is 1.03. The molecular formula is C16H28IN7O. The zero-order valence-corrected chi connectivity index (χ0v) is 17.7. The third kappa shape index (κ3) is 6.29. The number of aliphatic imine (C=N–C) groups is 1. The molecule has 8 nitrogen and oxygen atoms in total. The van der Waals surface area contributed by atoms with Crippen LogP contribution in [0.15, 0.2) is 21.9 Å². The monoisotopic (exact) mass is 461 g/mol. The molecule has 9 heteroatoms. The van der Waals surface area contributed by atoms with Crippen molar-refractivity contribution in [2.45, 2.75) is 52.6 Å². The van der Waals surface area contributed by atoms with Gasteiger partial charge in [0.1, 0.15) is 18.7 Å². The number of nitrogens with zero attached hydrogens (tertiary/aromatic N) is 5. The van der Waals surface area contributed by atoms with Crippen molar-refractivity contribution in [3.63, 3.8) is 0 Å². The van der Waals surface area contributed by atoms with Gasteiger partial charge in [-0.15, -0.1) is 24.0 Å². The molecule has 0 aliphatic rings. The molecule has 0 bridgehead atoms. The summed E-state index contributed by atoms with van der Waals surface area (Å²) in [7, 11) is 1.85. The lowest BCUT2D eigenvalue weighted by atomic mass is 9.99. The SMILES string of the molecule is CCNC(=NCc1ncnn1C)NCc1cc(C(CC)CC)no1.I. The van der Waals surface area contributed by atoms with E-state index in [4.69, 9.17) is 4.52 Å². The fourth-order valence-electron chi connectivity index (χ4n) is 2.44.